The van der Waals surface area contributed by atoms with Gasteiger partial charge in [0.15, 0.2) is 0 Å². The van der Waals surface area contributed by atoms with Crippen LogP contribution in [0.15, 0.2) is 0 Å². The van der Waals surface area contributed by atoms with E-state index >= 15 is 0 Å². The van der Waals surface area contributed by atoms with E-state index in [9.17, 15) is 0 Å². The van der Waals surface area contributed by atoms with Crippen LogP contribution in [0.1, 0.15) is 48.5 Å². The molecule has 5 heteroatoms. The van der Waals surface area contributed by atoms with Gasteiger partial charge in [-0.1, -0.05) is 13.3 Å². The Balaban J connectivity index is 2.31. The molecule has 17 heavy (non-hydrogen) atoms. The van der Waals surface area contributed by atoms with Crippen molar-refractivity contribution in [3.05, 3.63) is 17.1 Å². The fraction of sp³-hybridized carbons (Fsp3) is 0.667. The molecule has 94 valence electrons. The summed E-state index contributed by atoms with van der Waals surface area (Å²) in [5, 5.41) is 0.445. The van der Waals surface area contributed by atoms with Crippen molar-refractivity contribution in [2.45, 2.75) is 44.8 Å². The third-order valence-corrected chi connectivity index (χ3v) is 4.56. The summed E-state index contributed by atoms with van der Waals surface area (Å²) in [5.74, 6) is 8.50. The number of hydrogen-bond donors (Lipinski definition) is 2. The van der Waals surface area contributed by atoms with Crippen LogP contribution < -0.4 is 11.3 Å². The molecule has 1 aromatic rings. The van der Waals surface area contributed by atoms with Crippen molar-refractivity contribution < 1.29 is 0 Å². The maximum absolute atomic E-state index is 5.55. The van der Waals surface area contributed by atoms with Gasteiger partial charge in [-0.15, -0.1) is 0 Å². The number of aryl methyl sites for hydroxylation is 1. The third kappa shape index (κ3) is 2.72. The zero-order chi connectivity index (χ0) is 12.3. The molecule has 0 saturated carbocycles. The molecule has 0 amide bonds. The smallest absolute Gasteiger partial charge is 0.147 e. The summed E-state index contributed by atoms with van der Waals surface area (Å²) in [6, 6.07) is 0. The molecule has 1 unspecified atom stereocenters. The van der Waals surface area contributed by atoms with Gasteiger partial charge in [0, 0.05) is 11.3 Å². The van der Waals surface area contributed by atoms with Gasteiger partial charge >= 0.3 is 0 Å². The summed E-state index contributed by atoms with van der Waals surface area (Å²) in [6.07, 6.45) is 4.68. The van der Waals surface area contributed by atoms with Gasteiger partial charge in [-0.05, 0) is 31.9 Å². The predicted molar refractivity (Wildman–Crippen MR) is 73.0 cm³/mol. The van der Waals surface area contributed by atoms with Crippen molar-refractivity contribution in [1.82, 2.24) is 9.97 Å². The van der Waals surface area contributed by atoms with Crippen LogP contribution in [0, 0.1) is 6.92 Å². The number of hydrazine groups is 1. The normalized spacial score (nSPS) is 20.3. The number of anilines is 1. The highest BCUT2D eigenvalue weighted by Gasteiger charge is 2.20. The summed E-state index contributed by atoms with van der Waals surface area (Å²) in [6.45, 7) is 4.14. The SMILES string of the molecule is CCc1c(C)nc(C2CCCCS2)nc1NN. The van der Waals surface area contributed by atoms with Crippen LogP contribution in [0.25, 0.3) is 0 Å². The maximum atomic E-state index is 5.55. The van der Waals surface area contributed by atoms with Crippen LogP contribution in [0.4, 0.5) is 5.82 Å². The number of thioether (sulfide) groups is 1. The monoisotopic (exact) mass is 252 g/mol. The Hall–Kier alpha value is -0.810. The van der Waals surface area contributed by atoms with Crippen LogP contribution in [0.5, 0.6) is 0 Å². The molecule has 1 saturated heterocycles. The zero-order valence-corrected chi connectivity index (χ0v) is 11.3. The fourth-order valence-corrected chi connectivity index (χ4v) is 3.49. The first-order chi connectivity index (χ1) is 8.26. The molecular formula is C12H20N4S. The second kappa shape index (κ2) is 5.69. The molecule has 0 aliphatic carbocycles. The first-order valence-electron chi connectivity index (χ1n) is 6.22. The number of hydrogen-bond acceptors (Lipinski definition) is 5. The average molecular weight is 252 g/mol. The topological polar surface area (TPSA) is 63.8 Å². The maximum Gasteiger partial charge on any atom is 0.147 e. The van der Waals surface area contributed by atoms with E-state index in [0.717, 1.165) is 29.3 Å². The van der Waals surface area contributed by atoms with Gasteiger partial charge < -0.3 is 5.43 Å². The molecule has 0 aromatic carbocycles. The summed E-state index contributed by atoms with van der Waals surface area (Å²) in [4.78, 5) is 9.23. The van der Waals surface area contributed by atoms with Crippen molar-refractivity contribution in [3.8, 4) is 0 Å². The second-order valence-electron chi connectivity index (χ2n) is 4.35. The standard InChI is InChI=1S/C12H20N4S/c1-3-9-8(2)14-12(15-11(9)16-13)10-6-4-5-7-17-10/h10H,3-7,13H2,1-2H3,(H,14,15,16). The average Bonchev–Trinajstić information content (AvgIpc) is 2.38. The van der Waals surface area contributed by atoms with Crippen molar-refractivity contribution in [2.24, 2.45) is 5.84 Å². The van der Waals surface area contributed by atoms with Gasteiger partial charge in [-0.3, -0.25) is 0 Å². The number of nitrogen functional groups attached to an aromatic ring is 1. The highest BCUT2D eigenvalue weighted by molar-refractivity contribution is 7.99. The first-order valence-corrected chi connectivity index (χ1v) is 7.26. The second-order valence-corrected chi connectivity index (χ2v) is 5.66. The van der Waals surface area contributed by atoms with Crippen LogP contribution in [0.3, 0.4) is 0 Å². The molecule has 0 radical (unpaired) electrons. The Morgan fingerprint density at radius 2 is 2.24 bits per heavy atom. The van der Waals surface area contributed by atoms with E-state index in [1.165, 1.54) is 25.0 Å². The quantitative estimate of drug-likeness (QED) is 0.639. The minimum absolute atomic E-state index is 0.445. The molecule has 2 heterocycles. The van der Waals surface area contributed by atoms with Gasteiger partial charge in [0.25, 0.3) is 0 Å². The fourth-order valence-electron chi connectivity index (χ4n) is 2.25. The lowest BCUT2D eigenvalue weighted by Crippen LogP contribution is -2.16. The Bertz CT molecular complexity index is 388. The van der Waals surface area contributed by atoms with Crippen LogP contribution in [-0.2, 0) is 6.42 Å². The van der Waals surface area contributed by atoms with Crippen LogP contribution >= 0.6 is 11.8 Å². The molecular weight excluding hydrogens is 232 g/mol. The van der Waals surface area contributed by atoms with E-state index in [0.29, 0.717) is 5.25 Å². The van der Waals surface area contributed by atoms with Gasteiger partial charge in [0.2, 0.25) is 0 Å². The highest BCUT2D eigenvalue weighted by atomic mass is 32.2. The molecule has 1 atom stereocenters. The molecule has 1 aliphatic heterocycles. The molecule has 0 bridgehead atoms. The van der Waals surface area contributed by atoms with Crippen molar-refractivity contribution in [2.75, 3.05) is 11.2 Å². The molecule has 1 fully saturated rings. The van der Waals surface area contributed by atoms with E-state index in [4.69, 9.17) is 5.84 Å². The van der Waals surface area contributed by atoms with E-state index in [1.807, 2.05) is 18.7 Å². The minimum Gasteiger partial charge on any atom is -0.308 e. The van der Waals surface area contributed by atoms with E-state index < -0.39 is 0 Å². The number of rotatable bonds is 3. The lowest BCUT2D eigenvalue weighted by molar-refractivity contribution is 0.659. The van der Waals surface area contributed by atoms with Gasteiger partial charge in [-0.2, -0.15) is 11.8 Å². The highest BCUT2D eigenvalue weighted by Crippen LogP contribution is 2.37. The first kappa shape index (κ1) is 12.6. The minimum atomic E-state index is 0.445. The van der Waals surface area contributed by atoms with Crippen molar-refractivity contribution in [1.29, 1.82) is 0 Å². The van der Waals surface area contributed by atoms with Crippen LogP contribution in [-0.4, -0.2) is 15.7 Å². The zero-order valence-electron chi connectivity index (χ0n) is 10.5. The number of nitrogens with two attached hydrogens (primary N) is 1. The Morgan fingerprint density at radius 3 is 2.82 bits per heavy atom. The number of nitrogens with zero attached hydrogens (tertiary/aromatic N) is 2. The molecule has 0 spiro atoms. The lowest BCUT2D eigenvalue weighted by Gasteiger charge is -2.21. The van der Waals surface area contributed by atoms with Crippen LogP contribution in [0.2, 0.25) is 0 Å². The molecule has 1 aromatic heterocycles. The van der Waals surface area contributed by atoms with Gasteiger partial charge in [0.05, 0.1) is 5.25 Å². The molecule has 2 rings (SSSR count). The molecule has 4 nitrogen and oxygen atoms in total. The number of aromatic nitrogens is 2. The summed E-state index contributed by atoms with van der Waals surface area (Å²) in [7, 11) is 0. The summed E-state index contributed by atoms with van der Waals surface area (Å²) >= 11 is 1.96. The van der Waals surface area contributed by atoms with E-state index in [-0.39, 0.29) is 0 Å². The largest absolute Gasteiger partial charge is 0.308 e. The van der Waals surface area contributed by atoms with Gasteiger partial charge in [-0.25, -0.2) is 15.8 Å². The number of nitrogens with one attached hydrogen (secondary N) is 1. The summed E-state index contributed by atoms with van der Waals surface area (Å²) in [5.41, 5.74) is 4.88. The predicted octanol–water partition coefficient (Wildman–Crippen LogP) is 2.59. The Kier molecular flexibility index (Phi) is 4.23. The third-order valence-electron chi connectivity index (χ3n) is 3.19. The Morgan fingerprint density at radius 1 is 1.41 bits per heavy atom. The Labute approximate surface area is 107 Å². The summed E-state index contributed by atoms with van der Waals surface area (Å²) < 4.78 is 0. The van der Waals surface area contributed by atoms with Gasteiger partial charge in [0.1, 0.15) is 11.6 Å². The molecule has 3 N–H and O–H groups in total. The van der Waals surface area contributed by atoms with E-state index in [1.54, 1.807) is 0 Å². The van der Waals surface area contributed by atoms with Crippen molar-refractivity contribution >= 4 is 17.6 Å². The lowest BCUT2D eigenvalue weighted by atomic mass is 10.1. The van der Waals surface area contributed by atoms with Crippen molar-refractivity contribution in [3.63, 3.8) is 0 Å². The molecule has 1 aliphatic rings. The van der Waals surface area contributed by atoms with E-state index in [2.05, 4.69) is 22.3 Å².